The number of esters is 2. The molecule has 37 heavy (non-hydrogen) atoms. The number of unbranched alkanes of at least 4 members (excludes halogenated alkanes) is 13. The van der Waals surface area contributed by atoms with Gasteiger partial charge in [0.25, 0.3) is 0 Å². The van der Waals surface area contributed by atoms with E-state index < -0.39 is 33.9 Å². The van der Waals surface area contributed by atoms with Crippen LogP contribution in [0, 0.1) is 0 Å². The first-order chi connectivity index (χ1) is 17.3. The van der Waals surface area contributed by atoms with Crippen molar-refractivity contribution in [2.45, 2.75) is 115 Å². The standard InChI is InChI=1S/C28H46O7S.K/c1-3-5-6-7-8-9-10-11-12-13-14-15-16-19-22-34-27(29)25-20-17-18-21-26(25)28(30)35-23-24(4-2)36(31,32)33;/h17-18,20-21,24H,3-16,19,22-23H2,1-2H3,(H,31,32,33);/q;+1/p-1. The van der Waals surface area contributed by atoms with Crippen LogP contribution >= 0.6 is 0 Å². The van der Waals surface area contributed by atoms with E-state index in [9.17, 15) is 22.6 Å². The molecule has 0 fully saturated rings. The van der Waals surface area contributed by atoms with E-state index in [2.05, 4.69) is 6.92 Å². The van der Waals surface area contributed by atoms with Crippen LogP contribution in [0.4, 0.5) is 0 Å². The van der Waals surface area contributed by atoms with Crippen molar-refractivity contribution in [2.75, 3.05) is 13.2 Å². The van der Waals surface area contributed by atoms with E-state index in [4.69, 9.17) is 9.47 Å². The number of benzene rings is 1. The number of ether oxygens (including phenoxy) is 2. The fourth-order valence-electron chi connectivity index (χ4n) is 4.03. The average Bonchev–Trinajstić information content (AvgIpc) is 2.85. The molecule has 1 aromatic carbocycles. The van der Waals surface area contributed by atoms with Gasteiger partial charge in [-0.3, -0.25) is 0 Å². The molecule has 0 aliphatic carbocycles. The monoisotopic (exact) mass is 564 g/mol. The minimum Gasteiger partial charge on any atom is -0.748 e. The van der Waals surface area contributed by atoms with Gasteiger partial charge in [0, 0.05) is 0 Å². The molecule has 0 bridgehead atoms. The van der Waals surface area contributed by atoms with Gasteiger partial charge >= 0.3 is 63.3 Å². The van der Waals surface area contributed by atoms with E-state index in [1.165, 1.54) is 89.7 Å². The van der Waals surface area contributed by atoms with Gasteiger partial charge in [-0.1, -0.05) is 109 Å². The fourth-order valence-corrected chi connectivity index (χ4v) is 4.67. The summed E-state index contributed by atoms with van der Waals surface area (Å²) < 4.78 is 43.9. The van der Waals surface area contributed by atoms with Gasteiger partial charge in [-0.25, -0.2) is 18.0 Å². The molecule has 7 nitrogen and oxygen atoms in total. The molecule has 0 aliphatic heterocycles. The Labute approximate surface area is 267 Å². The molecule has 0 amide bonds. The number of hydrogen-bond acceptors (Lipinski definition) is 7. The smallest absolute Gasteiger partial charge is 0.748 e. The summed E-state index contributed by atoms with van der Waals surface area (Å²) in [5.41, 5.74) is 0.0486. The first-order valence-corrected chi connectivity index (χ1v) is 15.2. The normalized spacial score (nSPS) is 12.0. The molecule has 0 saturated heterocycles. The van der Waals surface area contributed by atoms with Crippen molar-refractivity contribution in [2.24, 2.45) is 0 Å². The van der Waals surface area contributed by atoms with Crippen LogP contribution in [0.15, 0.2) is 24.3 Å². The second kappa shape index (κ2) is 22.5. The van der Waals surface area contributed by atoms with Crippen molar-refractivity contribution in [1.29, 1.82) is 0 Å². The average molecular weight is 565 g/mol. The molecule has 1 aromatic rings. The van der Waals surface area contributed by atoms with Crippen molar-refractivity contribution < 1.29 is 83.4 Å². The molecule has 1 rings (SSSR count). The van der Waals surface area contributed by atoms with E-state index >= 15 is 0 Å². The first-order valence-electron chi connectivity index (χ1n) is 13.7. The molecular weight excluding hydrogens is 519 g/mol. The molecule has 0 aliphatic rings. The SMILES string of the molecule is CCCCCCCCCCCCCCCCOC(=O)c1ccccc1C(=O)OCC(CC)S(=O)(=O)[O-].[K+]. The molecule has 0 saturated carbocycles. The molecule has 0 heterocycles. The van der Waals surface area contributed by atoms with Gasteiger partial charge in [0.1, 0.15) is 16.7 Å². The quantitative estimate of drug-likeness (QED) is 0.0966. The van der Waals surface area contributed by atoms with E-state index in [1.807, 2.05) is 0 Å². The summed E-state index contributed by atoms with van der Waals surface area (Å²) in [6, 6.07) is 6.06. The molecule has 0 aromatic heterocycles. The maximum absolute atomic E-state index is 12.5. The van der Waals surface area contributed by atoms with Crippen molar-refractivity contribution >= 4 is 22.1 Å². The Balaban J connectivity index is 0.0000130. The summed E-state index contributed by atoms with van der Waals surface area (Å²) >= 11 is 0. The predicted octanol–water partition coefficient (Wildman–Crippen LogP) is 3.81. The Morgan fingerprint density at radius 2 is 1.14 bits per heavy atom. The van der Waals surface area contributed by atoms with E-state index in [0.717, 1.165) is 19.3 Å². The Morgan fingerprint density at radius 1 is 0.730 bits per heavy atom. The number of rotatable bonds is 21. The van der Waals surface area contributed by atoms with Gasteiger partial charge in [-0.05, 0) is 25.0 Å². The topological polar surface area (TPSA) is 110 Å². The Kier molecular flexibility index (Phi) is 22.3. The van der Waals surface area contributed by atoms with Gasteiger partial charge in [0.05, 0.1) is 23.0 Å². The zero-order chi connectivity index (χ0) is 26.7. The number of carbonyl (C=O) groups excluding carboxylic acids is 2. The fraction of sp³-hybridized carbons (Fsp3) is 0.714. The van der Waals surface area contributed by atoms with Crippen molar-refractivity contribution in [3.8, 4) is 0 Å². The van der Waals surface area contributed by atoms with Crippen LogP contribution < -0.4 is 51.4 Å². The minimum absolute atomic E-state index is 0. The summed E-state index contributed by atoms with van der Waals surface area (Å²) in [5, 5.41) is -1.32. The first kappa shape index (κ1) is 36.7. The number of carbonyl (C=O) groups is 2. The molecule has 0 radical (unpaired) electrons. The molecule has 1 unspecified atom stereocenters. The summed E-state index contributed by atoms with van der Waals surface area (Å²) in [5.74, 6) is -1.48. The van der Waals surface area contributed by atoms with Crippen molar-refractivity contribution in [1.82, 2.24) is 0 Å². The second-order valence-electron chi connectivity index (χ2n) is 9.40. The molecule has 9 heteroatoms. The maximum atomic E-state index is 12.5. The van der Waals surface area contributed by atoms with Crippen LogP contribution in [0.3, 0.4) is 0 Å². The van der Waals surface area contributed by atoms with Crippen LogP contribution in [-0.4, -0.2) is 43.4 Å². The molecular formula is C28H45KO7S. The van der Waals surface area contributed by atoms with Crippen LogP contribution in [0.1, 0.15) is 131 Å². The van der Waals surface area contributed by atoms with Crippen LogP contribution in [-0.2, 0) is 19.6 Å². The van der Waals surface area contributed by atoms with Crippen LogP contribution in [0.2, 0.25) is 0 Å². The molecule has 0 spiro atoms. The molecule has 0 N–H and O–H groups in total. The third kappa shape index (κ3) is 17.1. The largest absolute Gasteiger partial charge is 1.00 e. The van der Waals surface area contributed by atoms with Crippen LogP contribution in [0.25, 0.3) is 0 Å². The summed E-state index contributed by atoms with van der Waals surface area (Å²) in [6.45, 7) is 3.49. The van der Waals surface area contributed by atoms with Crippen molar-refractivity contribution in [3.63, 3.8) is 0 Å². The zero-order valence-corrected chi connectivity index (χ0v) is 27.1. The van der Waals surface area contributed by atoms with Gasteiger partial charge < -0.3 is 14.0 Å². The van der Waals surface area contributed by atoms with Gasteiger partial charge in [-0.2, -0.15) is 0 Å². The number of hydrogen-bond donors (Lipinski definition) is 0. The van der Waals surface area contributed by atoms with Crippen LogP contribution in [0.5, 0.6) is 0 Å². The van der Waals surface area contributed by atoms with Gasteiger partial charge in [-0.15, -0.1) is 0 Å². The maximum Gasteiger partial charge on any atom is 1.00 e. The predicted molar refractivity (Wildman–Crippen MR) is 141 cm³/mol. The Bertz CT molecular complexity index is 858. The Hall–Kier alpha value is -0.294. The third-order valence-electron chi connectivity index (χ3n) is 6.36. The van der Waals surface area contributed by atoms with Gasteiger partial charge in [0.15, 0.2) is 0 Å². The summed E-state index contributed by atoms with van der Waals surface area (Å²) in [6.07, 6.45) is 17.4. The van der Waals surface area contributed by atoms with E-state index in [-0.39, 0.29) is 75.5 Å². The Morgan fingerprint density at radius 3 is 1.54 bits per heavy atom. The van der Waals surface area contributed by atoms with Gasteiger partial charge in [0.2, 0.25) is 0 Å². The van der Waals surface area contributed by atoms with E-state index in [0.29, 0.717) is 0 Å². The molecule has 1 atom stereocenters. The summed E-state index contributed by atoms with van der Waals surface area (Å²) in [4.78, 5) is 24.9. The molecule has 206 valence electrons. The third-order valence-corrected chi connectivity index (χ3v) is 7.65. The summed E-state index contributed by atoms with van der Waals surface area (Å²) in [7, 11) is -4.57. The van der Waals surface area contributed by atoms with Crippen molar-refractivity contribution in [3.05, 3.63) is 35.4 Å². The van der Waals surface area contributed by atoms with E-state index in [1.54, 1.807) is 12.1 Å². The minimum atomic E-state index is -4.57. The zero-order valence-electron chi connectivity index (χ0n) is 23.2. The second-order valence-corrected chi connectivity index (χ2v) is 11.1.